The van der Waals surface area contributed by atoms with Crippen LogP contribution in [0.4, 0.5) is 5.69 Å². The molecule has 1 aliphatic heterocycles. The van der Waals surface area contributed by atoms with E-state index in [0.29, 0.717) is 12.1 Å². The second kappa shape index (κ2) is 5.80. The van der Waals surface area contributed by atoms with Gasteiger partial charge >= 0.3 is 0 Å². The van der Waals surface area contributed by atoms with E-state index in [2.05, 4.69) is 53.3 Å². The summed E-state index contributed by atoms with van der Waals surface area (Å²) in [7, 11) is 0. The van der Waals surface area contributed by atoms with Crippen LogP contribution in [0.1, 0.15) is 26.7 Å². The smallest absolute Gasteiger partial charge is 0.0465 e. The molecular weight excluding hydrogens is 246 g/mol. The Morgan fingerprint density at radius 2 is 2.15 bits per heavy atom. The number of pyridine rings is 1. The summed E-state index contributed by atoms with van der Waals surface area (Å²) in [5.41, 5.74) is 1.34. The van der Waals surface area contributed by atoms with Gasteiger partial charge < -0.3 is 10.2 Å². The molecule has 106 valence electrons. The van der Waals surface area contributed by atoms with Gasteiger partial charge in [-0.2, -0.15) is 0 Å². The molecule has 3 heteroatoms. The van der Waals surface area contributed by atoms with Crippen molar-refractivity contribution in [3.8, 4) is 0 Å². The maximum absolute atomic E-state index is 4.32. The molecule has 1 fully saturated rings. The van der Waals surface area contributed by atoms with Crippen molar-refractivity contribution in [3.63, 3.8) is 0 Å². The predicted octanol–water partition coefficient (Wildman–Crippen LogP) is 3.20. The normalized spacial score (nSPS) is 23.2. The van der Waals surface area contributed by atoms with E-state index in [4.69, 9.17) is 0 Å². The van der Waals surface area contributed by atoms with E-state index < -0.39 is 0 Å². The fourth-order valence-corrected chi connectivity index (χ4v) is 3.14. The average Bonchev–Trinajstić information content (AvgIpc) is 2.53. The Labute approximate surface area is 121 Å². The van der Waals surface area contributed by atoms with Gasteiger partial charge in [-0.05, 0) is 30.4 Å². The van der Waals surface area contributed by atoms with E-state index in [1.165, 1.54) is 29.3 Å². The number of rotatable bonds is 3. The van der Waals surface area contributed by atoms with Crippen molar-refractivity contribution in [2.45, 2.75) is 38.8 Å². The zero-order chi connectivity index (χ0) is 13.9. The lowest BCUT2D eigenvalue weighted by atomic mass is 10.0. The molecule has 0 aliphatic carbocycles. The van der Waals surface area contributed by atoms with Crippen LogP contribution in [0.5, 0.6) is 0 Å². The number of hydrogen-bond acceptors (Lipinski definition) is 3. The summed E-state index contributed by atoms with van der Waals surface area (Å²) in [6, 6.07) is 9.83. The molecule has 3 rings (SSSR count). The van der Waals surface area contributed by atoms with Gasteiger partial charge in [0, 0.05) is 48.6 Å². The predicted molar refractivity (Wildman–Crippen MR) is 85.2 cm³/mol. The summed E-state index contributed by atoms with van der Waals surface area (Å²) in [5.74, 6) is 0. The highest BCUT2D eigenvalue weighted by Crippen LogP contribution is 2.29. The molecule has 1 aromatic carbocycles. The molecule has 0 spiro atoms. The van der Waals surface area contributed by atoms with Gasteiger partial charge in [0.2, 0.25) is 0 Å². The van der Waals surface area contributed by atoms with Crippen LogP contribution in [-0.2, 0) is 0 Å². The van der Waals surface area contributed by atoms with E-state index in [1.807, 2.05) is 12.4 Å². The van der Waals surface area contributed by atoms with Gasteiger partial charge in [-0.15, -0.1) is 0 Å². The topological polar surface area (TPSA) is 28.2 Å². The lowest BCUT2D eigenvalue weighted by Gasteiger charge is -2.42. The first-order chi connectivity index (χ1) is 9.83. The van der Waals surface area contributed by atoms with Crippen molar-refractivity contribution >= 4 is 16.5 Å². The van der Waals surface area contributed by atoms with E-state index in [9.17, 15) is 0 Å². The molecule has 1 aromatic heterocycles. The Morgan fingerprint density at radius 1 is 1.25 bits per heavy atom. The number of fused-ring (bicyclic) bond motifs is 1. The third-order valence-corrected chi connectivity index (χ3v) is 4.43. The first-order valence-corrected chi connectivity index (χ1v) is 7.66. The van der Waals surface area contributed by atoms with Gasteiger partial charge in [-0.3, -0.25) is 4.98 Å². The van der Waals surface area contributed by atoms with E-state index in [0.717, 1.165) is 13.1 Å². The van der Waals surface area contributed by atoms with Crippen LogP contribution in [0.25, 0.3) is 10.8 Å². The van der Waals surface area contributed by atoms with E-state index in [1.54, 1.807) is 0 Å². The van der Waals surface area contributed by atoms with Gasteiger partial charge in [0.1, 0.15) is 0 Å². The van der Waals surface area contributed by atoms with Gasteiger partial charge in [0.15, 0.2) is 0 Å². The van der Waals surface area contributed by atoms with Crippen molar-refractivity contribution in [3.05, 3.63) is 36.7 Å². The summed E-state index contributed by atoms with van der Waals surface area (Å²) < 4.78 is 0. The monoisotopic (exact) mass is 269 g/mol. The van der Waals surface area contributed by atoms with Crippen molar-refractivity contribution in [2.24, 2.45) is 0 Å². The SMILES string of the molecule is CCC1CN(c2cccc3ccncc23)C(CC)CN1. The van der Waals surface area contributed by atoms with Gasteiger partial charge in [-0.25, -0.2) is 0 Å². The summed E-state index contributed by atoms with van der Waals surface area (Å²) in [4.78, 5) is 6.89. The number of anilines is 1. The second-order valence-electron chi connectivity index (χ2n) is 5.60. The lowest BCUT2D eigenvalue weighted by Crippen LogP contribution is -2.56. The van der Waals surface area contributed by atoms with Crippen molar-refractivity contribution in [1.82, 2.24) is 10.3 Å². The summed E-state index contributed by atoms with van der Waals surface area (Å²) >= 11 is 0. The minimum Gasteiger partial charge on any atom is -0.365 e. The molecule has 2 unspecified atom stereocenters. The molecule has 1 aliphatic rings. The van der Waals surface area contributed by atoms with Gasteiger partial charge in [0.25, 0.3) is 0 Å². The number of nitrogens with zero attached hydrogens (tertiary/aromatic N) is 2. The van der Waals surface area contributed by atoms with Gasteiger partial charge in [0.05, 0.1) is 0 Å². The largest absolute Gasteiger partial charge is 0.365 e. The first-order valence-electron chi connectivity index (χ1n) is 7.66. The van der Waals surface area contributed by atoms with Crippen molar-refractivity contribution in [1.29, 1.82) is 0 Å². The molecule has 0 bridgehead atoms. The number of aromatic nitrogens is 1. The Balaban J connectivity index is 2.03. The quantitative estimate of drug-likeness (QED) is 0.927. The zero-order valence-corrected chi connectivity index (χ0v) is 12.3. The third kappa shape index (κ3) is 2.38. The zero-order valence-electron chi connectivity index (χ0n) is 12.3. The number of hydrogen-bond donors (Lipinski definition) is 1. The lowest BCUT2D eigenvalue weighted by molar-refractivity contribution is 0.379. The van der Waals surface area contributed by atoms with E-state index in [-0.39, 0.29) is 0 Å². The van der Waals surface area contributed by atoms with Crippen molar-refractivity contribution in [2.75, 3.05) is 18.0 Å². The Hall–Kier alpha value is -1.61. The summed E-state index contributed by atoms with van der Waals surface area (Å²) in [6.07, 6.45) is 6.21. The van der Waals surface area contributed by atoms with Crippen LogP contribution >= 0.6 is 0 Å². The summed E-state index contributed by atoms with van der Waals surface area (Å²) in [6.45, 7) is 6.69. The Morgan fingerprint density at radius 3 is 2.95 bits per heavy atom. The molecule has 1 N–H and O–H groups in total. The Kier molecular flexibility index (Phi) is 3.88. The molecule has 0 amide bonds. The number of piperazine rings is 1. The molecular formula is C17H23N3. The summed E-state index contributed by atoms with van der Waals surface area (Å²) in [5, 5.41) is 6.21. The second-order valence-corrected chi connectivity index (χ2v) is 5.60. The van der Waals surface area contributed by atoms with Crippen LogP contribution in [-0.4, -0.2) is 30.2 Å². The highest BCUT2D eigenvalue weighted by Gasteiger charge is 2.26. The highest BCUT2D eigenvalue weighted by molar-refractivity contribution is 5.93. The van der Waals surface area contributed by atoms with Crippen LogP contribution < -0.4 is 10.2 Å². The molecule has 0 radical (unpaired) electrons. The molecule has 3 nitrogen and oxygen atoms in total. The van der Waals surface area contributed by atoms with Crippen LogP contribution in [0.15, 0.2) is 36.7 Å². The maximum Gasteiger partial charge on any atom is 0.0465 e. The minimum atomic E-state index is 0.573. The molecule has 2 atom stereocenters. The standard InChI is InChI=1S/C17H23N3/c1-3-14-12-20(15(4-2)10-19-14)17-7-5-6-13-8-9-18-11-16(13)17/h5-9,11,14-15,19H,3-4,10,12H2,1-2H3. The maximum atomic E-state index is 4.32. The first kappa shape index (κ1) is 13.4. The molecule has 0 saturated carbocycles. The van der Waals surface area contributed by atoms with Gasteiger partial charge in [-0.1, -0.05) is 26.0 Å². The minimum absolute atomic E-state index is 0.573. The average molecular weight is 269 g/mol. The van der Waals surface area contributed by atoms with Crippen molar-refractivity contribution < 1.29 is 0 Å². The number of benzene rings is 1. The third-order valence-electron chi connectivity index (χ3n) is 4.43. The molecule has 20 heavy (non-hydrogen) atoms. The number of nitrogens with one attached hydrogen (secondary N) is 1. The molecule has 1 saturated heterocycles. The Bertz CT molecular complexity index is 576. The molecule has 2 heterocycles. The van der Waals surface area contributed by atoms with Crippen LogP contribution in [0.2, 0.25) is 0 Å². The fraction of sp³-hybridized carbons (Fsp3) is 0.471. The highest BCUT2D eigenvalue weighted by atomic mass is 15.2. The van der Waals surface area contributed by atoms with Crippen LogP contribution in [0, 0.1) is 0 Å². The molecule has 2 aromatic rings. The van der Waals surface area contributed by atoms with Crippen LogP contribution in [0.3, 0.4) is 0 Å². The van der Waals surface area contributed by atoms with E-state index >= 15 is 0 Å². The fourth-order valence-electron chi connectivity index (χ4n) is 3.14.